The van der Waals surface area contributed by atoms with Crippen LogP contribution in [-0.2, 0) is 16.1 Å². The molecule has 1 N–H and O–H groups in total. The van der Waals surface area contributed by atoms with Gasteiger partial charge in [-0.05, 0) is 30.7 Å². The first-order valence-corrected chi connectivity index (χ1v) is 7.72. The van der Waals surface area contributed by atoms with Crippen LogP contribution in [0.5, 0.6) is 0 Å². The maximum Gasteiger partial charge on any atom is 0.338 e. The highest BCUT2D eigenvalue weighted by atomic mass is 16.5. The lowest BCUT2D eigenvalue weighted by Gasteiger charge is -2.13. The molecule has 0 aliphatic heterocycles. The quantitative estimate of drug-likeness (QED) is 0.829. The van der Waals surface area contributed by atoms with Gasteiger partial charge in [0.2, 0.25) is 0 Å². The third kappa shape index (κ3) is 5.12. The smallest absolute Gasteiger partial charge is 0.338 e. The van der Waals surface area contributed by atoms with E-state index in [1.165, 1.54) is 5.56 Å². The second kappa shape index (κ2) is 8.15. The van der Waals surface area contributed by atoms with Crippen LogP contribution < -0.4 is 10.2 Å². The SMILES string of the molecule is Cc1ccc(CNC(=O)COC(=O)c2cccc(N(C)C)c2)cc1. The van der Waals surface area contributed by atoms with Crippen LogP contribution in [0.3, 0.4) is 0 Å². The van der Waals surface area contributed by atoms with Gasteiger partial charge in [-0.25, -0.2) is 4.79 Å². The molecule has 2 rings (SSSR count). The van der Waals surface area contributed by atoms with E-state index in [0.717, 1.165) is 11.3 Å². The van der Waals surface area contributed by atoms with E-state index in [1.807, 2.05) is 56.3 Å². The third-order valence-corrected chi connectivity index (χ3v) is 3.54. The van der Waals surface area contributed by atoms with Crippen LogP contribution in [0.15, 0.2) is 48.5 Å². The average Bonchev–Trinajstić information content (AvgIpc) is 2.59. The lowest BCUT2D eigenvalue weighted by molar-refractivity contribution is -0.124. The van der Waals surface area contributed by atoms with Gasteiger partial charge in [-0.15, -0.1) is 0 Å². The number of hydrogen-bond donors (Lipinski definition) is 1. The summed E-state index contributed by atoms with van der Waals surface area (Å²) in [5, 5.41) is 2.73. The monoisotopic (exact) mass is 326 g/mol. The van der Waals surface area contributed by atoms with Crippen LogP contribution in [0.1, 0.15) is 21.5 Å². The van der Waals surface area contributed by atoms with E-state index in [1.54, 1.807) is 18.2 Å². The van der Waals surface area contributed by atoms with Crippen molar-refractivity contribution in [1.29, 1.82) is 0 Å². The van der Waals surface area contributed by atoms with Gasteiger partial charge in [0.1, 0.15) is 0 Å². The summed E-state index contributed by atoms with van der Waals surface area (Å²) in [6, 6.07) is 14.9. The molecule has 2 aromatic rings. The zero-order chi connectivity index (χ0) is 17.5. The highest BCUT2D eigenvalue weighted by Gasteiger charge is 2.11. The van der Waals surface area contributed by atoms with Crippen molar-refractivity contribution in [3.8, 4) is 0 Å². The number of anilines is 1. The number of rotatable bonds is 6. The van der Waals surface area contributed by atoms with Crippen molar-refractivity contribution >= 4 is 17.6 Å². The molecule has 5 nitrogen and oxygen atoms in total. The van der Waals surface area contributed by atoms with Crippen molar-refractivity contribution in [2.24, 2.45) is 0 Å². The van der Waals surface area contributed by atoms with Gasteiger partial charge in [0, 0.05) is 26.3 Å². The molecular weight excluding hydrogens is 304 g/mol. The first kappa shape index (κ1) is 17.5. The average molecular weight is 326 g/mol. The van der Waals surface area contributed by atoms with Crippen molar-refractivity contribution in [2.75, 3.05) is 25.6 Å². The van der Waals surface area contributed by atoms with Gasteiger partial charge in [-0.2, -0.15) is 0 Å². The van der Waals surface area contributed by atoms with Crippen LogP contribution >= 0.6 is 0 Å². The normalized spacial score (nSPS) is 10.1. The number of nitrogens with zero attached hydrogens (tertiary/aromatic N) is 1. The van der Waals surface area contributed by atoms with Gasteiger partial charge in [-0.3, -0.25) is 4.79 Å². The van der Waals surface area contributed by atoms with Crippen LogP contribution in [0.2, 0.25) is 0 Å². The molecule has 0 fully saturated rings. The van der Waals surface area contributed by atoms with E-state index >= 15 is 0 Å². The molecule has 0 aromatic heterocycles. The van der Waals surface area contributed by atoms with E-state index in [9.17, 15) is 9.59 Å². The topological polar surface area (TPSA) is 58.6 Å². The molecule has 2 aromatic carbocycles. The Kier molecular flexibility index (Phi) is 5.95. The Bertz CT molecular complexity index is 709. The predicted octanol–water partition coefficient (Wildman–Crippen LogP) is 2.53. The first-order chi connectivity index (χ1) is 11.5. The highest BCUT2D eigenvalue weighted by Crippen LogP contribution is 2.14. The summed E-state index contributed by atoms with van der Waals surface area (Å²) in [7, 11) is 3.78. The molecular formula is C19H22N2O3. The summed E-state index contributed by atoms with van der Waals surface area (Å²) in [4.78, 5) is 25.7. The number of carbonyl (C=O) groups is 2. The van der Waals surface area contributed by atoms with Crippen molar-refractivity contribution in [3.05, 3.63) is 65.2 Å². The molecule has 0 unspecified atom stereocenters. The zero-order valence-corrected chi connectivity index (χ0v) is 14.2. The van der Waals surface area contributed by atoms with Gasteiger partial charge in [-0.1, -0.05) is 35.9 Å². The number of esters is 1. The molecule has 0 atom stereocenters. The Balaban J connectivity index is 1.81. The molecule has 0 bridgehead atoms. The summed E-state index contributed by atoms with van der Waals surface area (Å²) in [5.41, 5.74) is 3.48. The summed E-state index contributed by atoms with van der Waals surface area (Å²) in [5.74, 6) is -0.836. The van der Waals surface area contributed by atoms with Crippen molar-refractivity contribution in [1.82, 2.24) is 5.32 Å². The van der Waals surface area contributed by atoms with Crippen LogP contribution in [-0.4, -0.2) is 32.6 Å². The van der Waals surface area contributed by atoms with Gasteiger partial charge >= 0.3 is 5.97 Å². The van der Waals surface area contributed by atoms with Gasteiger partial charge in [0.15, 0.2) is 6.61 Å². The minimum absolute atomic E-state index is 0.295. The second-order valence-electron chi connectivity index (χ2n) is 5.78. The summed E-state index contributed by atoms with van der Waals surface area (Å²) < 4.78 is 5.06. The highest BCUT2D eigenvalue weighted by molar-refractivity contribution is 5.92. The number of ether oxygens (including phenoxy) is 1. The Morgan fingerprint density at radius 3 is 2.46 bits per heavy atom. The zero-order valence-electron chi connectivity index (χ0n) is 14.2. The molecule has 24 heavy (non-hydrogen) atoms. The Morgan fingerprint density at radius 2 is 1.79 bits per heavy atom. The molecule has 0 aliphatic rings. The predicted molar refractivity (Wildman–Crippen MR) is 94.1 cm³/mol. The number of carbonyl (C=O) groups excluding carboxylic acids is 2. The fraction of sp³-hybridized carbons (Fsp3) is 0.263. The van der Waals surface area contributed by atoms with E-state index in [0.29, 0.717) is 12.1 Å². The molecule has 5 heteroatoms. The molecule has 1 amide bonds. The van der Waals surface area contributed by atoms with Gasteiger partial charge in [0.25, 0.3) is 5.91 Å². The van der Waals surface area contributed by atoms with Crippen LogP contribution in [0, 0.1) is 6.92 Å². The summed E-state index contributed by atoms with van der Waals surface area (Å²) in [6.07, 6.45) is 0. The standard InChI is InChI=1S/C19H22N2O3/c1-14-7-9-15(10-8-14)12-20-18(22)13-24-19(23)16-5-4-6-17(11-16)21(2)3/h4-11H,12-13H2,1-3H3,(H,20,22). The lowest BCUT2D eigenvalue weighted by atomic mass is 10.1. The summed E-state index contributed by atoms with van der Waals surface area (Å²) >= 11 is 0. The van der Waals surface area contributed by atoms with E-state index in [4.69, 9.17) is 4.74 Å². The van der Waals surface area contributed by atoms with Crippen LogP contribution in [0.25, 0.3) is 0 Å². The van der Waals surface area contributed by atoms with E-state index in [2.05, 4.69) is 5.32 Å². The molecule has 0 radical (unpaired) electrons. The van der Waals surface area contributed by atoms with E-state index in [-0.39, 0.29) is 12.5 Å². The number of amides is 1. The Hall–Kier alpha value is -2.82. The fourth-order valence-corrected chi connectivity index (χ4v) is 2.08. The van der Waals surface area contributed by atoms with Crippen molar-refractivity contribution in [3.63, 3.8) is 0 Å². The third-order valence-electron chi connectivity index (χ3n) is 3.54. The fourth-order valence-electron chi connectivity index (χ4n) is 2.08. The number of benzene rings is 2. The van der Waals surface area contributed by atoms with Crippen LogP contribution in [0.4, 0.5) is 5.69 Å². The maximum atomic E-state index is 12.0. The molecule has 0 spiro atoms. The maximum absolute atomic E-state index is 12.0. The van der Waals surface area contributed by atoms with Gasteiger partial charge in [0.05, 0.1) is 5.56 Å². The number of aryl methyl sites for hydroxylation is 1. The molecule has 0 saturated heterocycles. The lowest BCUT2D eigenvalue weighted by Crippen LogP contribution is -2.28. The molecule has 0 heterocycles. The number of nitrogens with one attached hydrogen (secondary N) is 1. The van der Waals surface area contributed by atoms with Gasteiger partial charge < -0.3 is 15.0 Å². The van der Waals surface area contributed by atoms with Crippen molar-refractivity contribution < 1.29 is 14.3 Å². The first-order valence-electron chi connectivity index (χ1n) is 7.72. The minimum Gasteiger partial charge on any atom is -0.452 e. The van der Waals surface area contributed by atoms with Crippen molar-refractivity contribution in [2.45, 2.75) is 13.5 Å². The van der Waals surface area contributed by atoms with E-state index < -0.39 is 5.97 Å². The Labute approximate surface area is 142 Å². The Morgan fingerprint density at radius 1 is 1.08 bits per heavy atom. The second-order valence-corrected chi connectivity index (χ2v) is 5.78. The minimum atomic E-state index is -0.510. The molecule has 126 valence electrons. The molecule has 0 saturated carbocycles. The largest absolute Gasteiger partial charge is 0.452 e. The molecule has 0 aliphatic carbocycles. The number of hydrogen-bond acceptors (Lipinski definition) is 4. The summed E-state index contributed by atoms with van der Waals surface area (Å²) in [6.45, 7) is 2.12.